The third kappa shape index (κ3) is 4.94. The van der Waals surface area contributed by atoms with Crippen molar-refractivity contribution in [2.75, 3.05) is 24.7 Å². The van der Waals surface area contributed by atoms with Crippen molar-refractivity contribution in [2.24, 2.45) is 5.92 Å². The van der Waals surface area contributed by atoms with Gasteiger partial charge in [0.25, 0.3) is 0 Å². The summed E-state index contributed by atoms with van der Waals surface area (Å²) in [5.74, 6) is 1.95. The third-order valence-corrected chi connectivity index (χ3v) is 5.13. The first-order valence-electron chi connectivity index (χ1n) is 8.83. The SMILES string of the molecule is CN(C)C(=O)[C@H]1CC[C@H](Nc2cc(Nc3cccc(Br)c3)ncn2)CC1. The molecule has 26 heavy (non-hydrogen) atoms. The van der Waals surface area contributed by atoms with Crippen molar-refractivity contribution in [3.8, 4) is 0 Å². The van der Waals surface area contributed by atoms with Crippen molar-refractivity contribution in [2.45, 2.75) is 31.7 Å². The molecule has 0 radical (unpaired) electrons. The zero-order valence-corrected chi connectivity index (χ0v) is 16.7. The lowest BCUT2D eigenvalue weighted by molar-refractivity contribution is -0.133. The van der Waals surface area contributed by atoms with E-state index in [1.807, 2.05) is 44.4 Å². The van der Waals surface area contributed by atoms with E-state index in [-0.39, 0.29) is 11.8 Å². The second-order valence-electron chi connectivity index (χ2n) is 6.85. The molecule has 1 amide bonds. The molecule has 7 heteroatoms. The van der Waals surface area contributed by atoms with Crippen LogP contribution in [0.25, 0.3) is 0 Å². The van der Waals surface area contributed by atoms with Gasteiger partial charge in [-0.3, -0.25) is 4.79 Å². The Morgan fingerprint density at radius 3 is 2.54 bits per heavy atom. The molecule has 3 rings (SSSR count). The summed E-state index contributed by atoms with van der Waals surface area (Å²) in [7, 11) is 3.65. The smallest absolute Gasteiger partial charge is 0.225 e. The van der Waals surface area contributed by atoms with Gasteiger partial charge in [-0.15, -0.1) is 0 Å². The fourth-order valence-electron chi connectivity index (χ4n) is 3.28. The lowest BCUT2D eigenvalue weighted by atomic mass is 9.85. The molecule has 1 fully saturated rings. The van der Waals surface area contributed by atoms with E-state index in [0.717, 1.165) is 47.5 Å². The molecule has 1 aromatic heterocycles. The summed E-state index contributed by atoms with van der Waals surface area (Å²) in [6, 6.07) is 10.2. The van der Waals surface area contributed by atoms with Crippen molar-refractivity contribution in [3.63, 3.8) is 0 Å². The van der Waals surface area contributed by atoms with Gasteiger partial charge in [0, 0.05) is 42.3 Å². The Kier molecular flexibility index (Phi) is 6.08. The zero-order chi connectivity index (χ0) is 18.5. The van der Waals surface area contributed by atoms with Gasteiger partial charge in [0.05, 0.1) is 0 Å². The number of carbonyl (C=O) groups excluding carboxylic acids is 1. The van der Waals surface area contributed by atoms with Crippen LogP contribution in [0.2, 0.25) is 0 Å². The summed E-state index contributed by atoms with van der Waals surface area (Å²) in [6.45, 7) is 0. The van der Waals surface area contributed by atoms with Gasteiger partial charge in [-0.2, -0.15) is 0 Å². The first-order valence-corrected chi connectivity index (χ1v) is 9.63. The zero-order valence-electron chi connectivity index (χ0n) is 15.1. The van der Waals surface area contributed by atoms with Gasteiger partial charge < -0.3 is 15.5 Å². The van der Waals surface area contributed by atoms with Crippen LogP contribution in [0.15, 0.2) is 41.1 Å². The number of nitrogens with one attached hydrogen (secondary N) is 2. The van der Waals surface area contributed by atoms with Gasteiger partial charge in [0.2, 0.25) is 5.91 Å². The fraction of sp³-hybridized carbons (Fsp3) is 0.421. The van der Waals surface area contributed by atoms with E-state index in [0.29, 0.717) is 6.04 Å². The molecular formula is C19H24BrN5O. The predicted octanol–water partition coefficient (Wildman–Crippen LogP) is 4.04. The van der Waals surface area contributed by atoms with E-state index in [2.05, 4.69) is 36.5 Å². The maximum absolute atomic E-state index is 12.1. The maximum Gasteiger partial charge on any atom is 0.225 e. The minimum Gasteiger partial charge on any atom is -0.367 e. The second-order valence-corrected chi connectivity index (χ2v) is 7.77. The third-order valence-electron chi connectivity index (χ3n) is 4.63. The lowest BCUT2D eigenvalue weighted by Gasteiger charge is -2.30. The first-order chi connectivity index (χ1) is 12.5. The van der Waals surface area contributed by atoms with Gasteiger partial charge in [0.1, 0.15) is 18.0 Å². The summed E-state index contributed by atoms with van der Waals surface area (Å²) in [5, 5.41) is 6.77. The Balaban J connectivity index is 1.57. The topological polar surface area (TPSA) is 70.2 Å². The van der Waals surface area contributed by atoms with Crippen molar-refractivity contribution in [3.05, 3.63) is 41.1 Å². The normalized spacial score (nSPS) is 19.7. The molecule has 0 aliphatic heterocycles. The molecule has 1 aliphatic carbocycles. The highest BCUT2D eigenvalue weighted by Gasteiger charge is 2.27. The summed E-state index contributed by atoms with van der Waals surface area (Å²) >= 11 is 3.47. The molecule has 138 valence electrons. The number of hydrogen-bond acceptors (Lipinski definition) is 5. The number of benzene rings is 1. The molecule has 6 nitrogen and oxygen atoms in total. The maximum atomic E-state index is 12.1. The highest BCUT2D eigenvalue weighted by Crippen LogP contribution is 2.28. The molecule has 2 aromatic rings. The van der Waals surface area contributed by atoms with Crippen molar-refractivity contribution in [1.29, 1.82) is 0 Å². The standard InChI is InChI=1S/C19H24BrN5O/c1-25(2)19(26)13-6-8-15(9-7-13)23-17-11-18(22-12-21-17)24-16-5-3-4-14(20)10-16/h3-5,10-13,15H,6-9H2,1-2H3,(H2,21,22,23,24)/t13-,15-. The predicted molar refractivity (Wildman–Crippen MR) is 108 cm³/mol. The number of carbonyl (C=O) groups is 1. The molecule has 0 atom stereocenters. The van der Waals surface area contributed by atoms with Gasteiger partial charge >= 0.3 is 0 Å². The number of amides is 1. The van der Waals surface area contributed by atoms with Gasteiger partial charge in [-0.25, -0.2) is 9.97 Å². The van der Waals surface area contributed by atoms with Crippen LogP contribution in [0.1, 0.15) is 25.7 Å². The van der Waals surface area contributed by atoms with Gasteiger partial charge in [-0.05, 0) is 43.9 Å². The van der Waals surface area contributed by atoms with Crippen LogP contribution < -0.4 is 10.6 Å². The molecule has 1 heterocycles. The van der Waals surface area contributed by atoms with E-state index >= 15 is 0 Å². The van der Waals surface area contributed by atoms with Crippen molar-refractivity contribution >= 4 is 39.2 Å². The Hall–Kier alpha value is -2.15. The minimum absolute atomic E-state index is 0.155. The molecule has 1 aliphatic rings. The highest BCUT2D eigenvalue weighted by atomic mass is 79.9. The quantitative estimate of drug-likeness (QED) is 0.767. The van der Waals surface area contributed by atoms with Crippen molar-refractivity contribution < 1.29 is 4.79 Å². The number of aromatic nitrogens is 2. The fourth-order valence-corrected chi connectivity index (χ4v) is 3.68. The summed E-state index contributed by atoms with van der Waals surface area (Å²) in [5.41, 5.74) is 0.965. The van der Waals surface area contributed by atoms with Crippen LogP contribution in [-0.2, 0) is 4.79 Å². The van der Waals surface area contributed by atoms with Gasteiger partial charge in [0.15, 0.2) is 0 Å². The average molecular weight is 418 g/mol. The molecule has 0 bridgehead atoms. The number of anilines is 3. The second kappa shape index (κ2) is 8.49. The van der Waals surface area contributed by atoms with E-state index in [1.165, 1.54) is 0 Å². The average Bonchev–Trinajstić information content (AvgIpc) is 2.62. The lowest BCUT2D eigenvalue weighted by Crippen LogP contribution is -2.35. The molecule has 0 unspecified atom stereocenters. The highest BCUT2D eigenvalue weighted by molar-refractivity contribution is 9.10. The Morgan fingerprint density at radius 1 is 1.12 bits per heavy atom. The molecular weight excluding hydrogens is 394 g/mol. The van der Waals surface area contributed by atoms with Gasteiger partial charge in [-0.1, -0.05) is 22.0 Å². The van der Waals surface area contributed by atoms with Crippen LogP contribution in [-0.4, -0.2) is 40.9 Å². The van der Waals surface area contributed by atoms with Crippen LogP contribution in [0, 0.1) is 5.92 Å². The Morgan fingerprint density at radius 2 is 1.85 bits per heavy atom. The number of nitrogens with zero attached hydrogens (tertiary/aromatic N) is 3. The van der Waals surface area contributed by atoms with E-state index in [9.17, 15) is 4.79 Å². The first kappa shape index (κ1) is 18.6. The van der Waals surface area contributed by atoms with E-state index < -0.39 is 0 Å². The number of hydrogen-bond donors (Lipinski definition) is 2. The number of halogens is 1. The van der Waals surface area contributed by atoms with Crippen molar-refractivity contribution in [1.82, 2.24) is 14.9 Å². The monoisotopic (exact) mass is 417 g/mol. The Labute approximate surface area is 162 Å². The summed E-state index contributed by atoms with van der Waals surface area (Å²) < 4.78 is 1.01. The molecule has 1 aromatic carbocycles. The molecule has 0 saturated heterocycles. The minimum atomic E-state index is 0.155. The van der Waals surface area contributed by atoms with Crippen LogP contribution in [0.5, 0.6) is 0 Å². The van der Waals surface area contributed by atoms with Crippen LogP contribution in [0.3, 0.4) is 0 Å². The molecule has 1 saturated carbocycles. The summed E-state index contributed by atoms with van der Waals surface area (Å²) in [4.78, 5) is 22.4. The van der Waals surface area contributed by atoms with E-state index in [1.54, 1.807) is 11.2 Å². The Bertz CT molecular complexity index is 759. The van der Waals surface area contributed by atoms with Crippen LogP contribution in [0.4, 0.5) is 17.3 Å². The summed E-state index contributed by atoms with van der Waals surface area (Å²) in [6.07, 6.45) is 5.35. The van der Waals surface area contributed by atoms with E-state index in [4.69, 9.17) is 0 Å². The largest absolute Gasteiger partial charge is 0.367 e. The number of rotatable bonds is 5. The molecule has 2 N–H and O–H groups in total. The van der Waals surface area contributed by atoms with Crippen LogP contribution >= 0.6 is 15.9 Å². The molecule has 0 spiro atoms.